The lowest BCUT2D eigenvalue weighted by molar-refractivity contribution is 0.0617. The number of thiophene rings is 2. The minimum atomic E-state index is 0.603. The lowest BCUT2D eigenvalue weighted by atomic mass is 10.1. The van der Waals surface area contributed by atoms with E-state index >= 15 is 0 Å². The number of hydrogen-bond donors (Lipinski definition) is 0. The van der Waals surface area contributed by atoms with Gasteiger partial charge in [0.1, 0.15) is 0 Å². The predicted molar refractivity (Wildman–Crippen MR) is 126 cm³/mol. The van der Waals surface area contributed by atoms with Crippen molar-refractivity contribution >= 4 is 44.2 Å². The highest BCUT2D eigenvalue weighted by atomic mass is 32.1. The van der Waals surface area contributed by atoms with Crippen LogP contribution in [0.5, 0.6) is 0 Å². The Kier molecular flexibility index (Phi) is 7.49. The summed E-state index contributed by atoms with van der Waals surface area (Å²) >= 11 is 3.62. The largest absolute Gasteiger partial charge is 0.382 e. The summed E-state index contributed by atoms with van der Waals surface area (Å²) < 4.78 is 21.5. The Hall–Kier alpha value is -1.80. The van der Waals surface area contributed by atoms with Gasteiger partial charge in [-0.3, -0.25) is 0 Å². The van der Waals surface area contributed by atoms with Gasteiger partial charge in [0.25, 0.3) is 0 Å². The number of fused-ring (bicyclic) bond motifs is 2. The van der Waals surface area contributed by atoms with Crippen molar-refractivity contribution in [2.24, 2.45) is 0 Å². The molecule has 2 heterocycles. The van der Waals surface area contributed by atoms with E-state index in [4.69, 9.17) is 18.9 Å². The highest BCUT2D eigenvalue weighted by Gasteiger charge is 2.13. The van der Waals surface area contributed by atoms with E-state index in [9.17, 15) is 0 Å². The van der Waals surface area contributed by atoms with Gasteiger partial charge in [0.15, 0.2) is 0 Å². The van der Waals surface area contributed by atoms with Gasteiger partial charge in [0.05, 0.1) is 49.4 Å². The average molecular weight is 443 g/mol. The SMILES string of the molecule is COCCOCc1ccc2c(-c3scc4ccc(COCCOC)cc34)scc2c1. The van der Waals surface area contributed by atoms with Crippen molar-refractivity contribution in [1.29, 1.82) is 0 Å². The maximum Gasteiger partial charge on any atom is 0.0718 e. The molecule has 0 saturated heterocycles. The summed E-state index contributed by atoms with van der Waals surface area (Å²) in [5.41, 5.74) is 2.38. The van der Waals surface area contributed by atoms with Crippen molar-refractivity contribution in [2.75, 3.05) is 40.6 Å². The van der Waals surface area contributed by atoms with Crippen molar-refractivity contribution in [3.05, 3.63) is 58.3 Å². The Morgan fingerprint density at radius 1 is 0.633 bits per heavy atom. The van der Waals surface area contributed by atoms with Crippen LogP contribution >= 0.6 is 22.7 Å². The van der Waals surface area contributed by atoms with E-state index < -0.39 is 0 Å². The van der Waals surface area contributed by atoms with Crippen LogP contribution < -0.4 is 0 Å². The highest BCUT2D eigenvalue weighted by molar-refractivity contribution is 7.22. The first-order valence-corrected chi connectivity index (χ1v) is 11.7. The summed E-state index contributed by atoms with van der Waals surface area (Å²) in [6, 6.07) is 13.2. The lowest BCUT2D eigenvalue weighted by Crippen LogP contribution is -2.01. The van der Waals surface area contributed by atoms with Gasteiger partial charge in [-0.2, -0.15) is 0 Å². The molecule has 0 spiro atoms. The summed E-state index contributed by atoms with van der Waals surface area (Å²) in [5.74, 6) is 0. The Morgan fingerprint density at radius 3 is 1.93 bits per heavy atom. The molecule has 0 amide bonds. The lowest BCUT2D eigenvalue weighted by Gasteiger charge is -2.06. The zero-order chi connectivity index (χ0) is 20.8. The van der Waals surface area contributed by atoms with Crippen molar-refractivity contribution < 1.29 is 18.9 Å². The molecule has 0 bridgehead atoms. The van der Waals surface area contributed by atoms with Gasteiger partial charge in [0.2, 0.25) is 0 Å². The number of methoxy groups -OCH3 is 2. The zero-order valence-electron chi connectivity index (χ0n) is 17.3. The van der Waals surface area contributed by atoms with E-state index in [1.54, 1.807) is 14.2 Å². The quantitative estimate of drug-likeness (QED) is 0.263. The molecule has 6 heteroatoms. The van der Waals surface area contributed by atoms with Gasteiger partial charge in [-0.05, 0) is 44.8 Å². The Labute approximate surface area is 185 Å². The molecule has 0 fully saturated rings. The van der Waals surface area contributed by atoms with Gasteiger partial charge in [-0.15, -0.1) is 22.7 Å². The van der Waals surface area contributed by atoms with E-state index in [-0.39, 0.29) is 0 Å². The van der Waals surface area contributed by atoms with Gasteiger partial charge in [-0.1, -0.05) is 24.3 Å². The van der Waals surface area contributed by atoms with E-state index in [2.05, 4.69) is 47.2 Å². The minimum Gasteiger partial charge on any atom is -0.382 e. The van der Waals surface area contributed by atoms with Gasteiger partial charge >= 0.3 is 0 Å². The molecule has 4 rings (SSSR count). The molecule has 0 radical (unpaired) electrons. The summed E-state index contributed by atoms with van der Waals surface area (Å²) in [7, 11) is 3.38. The Morgan fingerprint density at radius 2 is 1.23 bits per heavy atom. The molecule has 0 unspecified atom stereocenters. The molecular weight excluding hydrogens is 416 g/mol. The summed E-state index contributed by atoms with van der Waals surface area (Å²) in [6.07, 6.45) is 0. The molecule has 0 N–H and O–H groups in total. The summed E-state index contributed by atoms with van der Waals surface area (Å²) in [5, 5.41) is 9.62. The van der Waals surface area contributed by atoms with E-state index in [1.807, 2.05) is 22.7 Å². The minimum absolute atomic E-state index is 0.603. The first kappa shape index (κ1) is 21.4. The van der Waals surface area contributed by atoms with Crippen LogP contribution in [-0.4, -0.2) is 40.6 Å². The number of benzene rings is 2. The van der Waals surface area contributed by atoms with Crippen LogP contribution in [0.3, 0.4) is 0 Å². The monoisotopic (exact) mass is 442 g/mol. The fraction of sp³-hybridized carbons (Fsp3) is 0.333. The molecular formula is C24H26O4S2. The second-order valence-corrected chi connectivity index (χ2v) is 8.82. The first-order valence-electron chi connectivity index (χ1n) is 9.94. The molecule has 2 aromatic carbocycles. The summed E-state index contributed by atoms with van der Waals surface area (Å²) in [6.45, 7) is 3.67. The van der Waals surface area contributed by atoms with Gasteiger partial charge in [-0.25, -0.2) is 0 Å². The predicted octanol–water partition coefficient (Wildman–Crippen LogP) is 6.11. The fourth-order valence-corrected chi connectivity index (χ4v) is 5.62. The molecule has 4 aromatic rings. The van der Waals surface area contributed by atoms with Crippen LogP contribution in [0.2, 0.25) is 0 Å². The average Bonchev–Trinajstić information content (AvgIpc) is 3.37. The first-order chi connectivity index (χ1) is 14.8. The second-order valence-electron chi connectivity index (χ2n) is 7.06. The van der Waals surface area contributed by atoms with Crippen LogP contribution in [0.25, 0.3) is 31.3 Å². The third kappa shape index (κ3) is 4.91. The van der Waals surface area contributed by atoms with Crippen molar-refractivity contribution in [3.8, 4) is 9.75 Å². The molecule has 0 aliphatic carbocycles. The molecule has 0 saturated carbocycles. The molecule has 2 aromatic heterocycles. The van der Waals surface area contributed by atoms with Crippen LogP contribution in [0.4, 0.5) is 0 Å². The van der Waals surface area contributed by atoms with Crippen LogP contribution in [-0.2, 0) is 32.2 Å². The van der Waals surface area contributed by atoms with Gasteiger partial charge in [0, 0.05) is 25.0 Å². The van der Waals surface area contributed by atoms with Crippen LogP contribution in [0.1, 0.15) is 11.1 Å². The number of ether oxygens (including phenoxy) is 4. The molecule has 30 heavy (non-hydrogen) atoms. The van der Waals surface area contributed by atoms with E-state index in [1.165, 1.54) is 42.4 Å². The molecule has 158 valence electrons. The van der Waals surface area contributed by atoms with Crippen LogP contribution in [0, 0.1) is 0 Å². The van der Waals surface area contributed by atoms with Crippen molar-refractivity contribution in [2.45, 2.75) is 13.2 Å². The van der Waals surface area contributed by atoms with Crippen molar-refractivity contribution in [1.82, 2.24) is 0 Å². The smallest absolute Gasteiger partial charge is 0.0718 e. The topological polar surface area (TPSA) is 36.9 Å². The van der Waals surface area contributed by atoms with Crippen LogP contribution in [0.15, 0.2) is 47.2 Å². The highest BCUT2D eigenvalue weighted by Crippen LogP contribution is 2.42. The standard InChI is InChI=1S/C24H26O4S2/c1-25-7-9-27-13-17-4-6-21-20(11-17)16-30-23(21)24-22-12-18(14-28-10-8-26-2)3-5-19(22)15-29-24/h3-6,11-12,15-16H,7-10,13-14H2,1-2H3. The van der Waals surface area contributed by atoms with Gasteiger partial charge < -0.3 is 18.9 Å². The number of rotatable bonds is 11. The normalized spacial score (nSPS) is 11.7. The van der Waals surface area contributed by atoms with E-state index in [0.717, 1.165) is 0 Å². The maximum absolute atomic E-state index is 5.71. The fourth-order valence-electron chi connectivity index (χ4n) is 3.39. The molecule has 4 nitrogen and oxygen atoms in total. The zero-order valence-corrected chi connectivity index (χ0v) is 18.9. The molecule has 0 aliphatic heterocycles. The number of hydrogen-bond acceptors (Lipinski definition) is 6. The molecule has 0 atom stereocenters. The third-order valence-electron chi connectivity index (χ3n) is 4.94. The Bertz CT molecular complexity index is 1100. The molecule has 0 aliphatic rings. The second kappa shape index (κ2) is 10.5. The van der Waals surface area contributed by atoms with E-state index in [0.29, 0.717) is 39.6 Å². The maximum atomic E-state index is 5.71. The summed E-state index contributed by atoms with van der Waals surface area (Å²) in [4.78, 5) is 2.65. The van der Waals surface area contributed by atoms with Crippen molar-refractivity contribution in [3.63, 3.8) is 0 Å². The Balaban J connectivity index is 1.56. The third-order valence-corrected chi connectivity index (χ3v) is 7.13.